The summed E-state index contributed by atoms with van der Waals surface area (Å²) in [4.78, 5) is 15.7. The molecule has 0 fully saturated rings. The third-order valence-corrected chi connectivity index (χ3v) is 3.16. The number of anilines is 1. The van der Waals surface area contributed by atoms with Crippen LogP contribution in [0.2, 0.25) is 0 Å². The molecule has 0 aliphatic carbocycles. The van der Waals surface area contributed by atoms with E-state index in [9.17, 15) is 4.79 Å². The molecule has 2 N–H and O–H groups in total. The van der Waals surface area contributed by atoms with E-state index >= 15 is 0 Å². The fourth-order valence-corrected chi connectivity index (χ4v) is 2.03. The quantitative estimate of drug-likeness (QED) is 0.771. The maximum atomic E-state index is 11.8. The highest BCUT2D eigenvalue weighted by Gasteiger charge is 2.04. The Morgan fingerprint density at radius 2 is 1.82 bits per heavy atom. The van der Waals surface area contributed by atoms with Gasteiger partial charge in [-0.05, 0) is 29.8 Å². The Morgan fingerprint density at radius 1 is 1.05 bits per heavy atom. The second-order valence-electron chi connectivity index (χ2n) is 4.74. The summed E-state index contributed by atoms with van der Waals surface area (Å²) in [5.41, 5.74) is 2.68. The molecule has 5 nitrogen and oxygen atoms in total. The largest absolute Gasteiger partial charge is 0.444 e. The molecule has 0 bridgehead atoms. The standard InChI is InChI=1S/C17H15N3O2/c21-17(19-10-13-4-2-1-3-5-13)20-15-8-6-14(7-9-15)16-11-18-12-22-16/h1-9,11-12H,10H2,(H2,19,20,21). The molecule has 0 spiro atoms. The normalized spacial score (nSPS) is 10.2. The van der Waals surface area contributed by atoms with Gasteiger partial charge in [-0.1, -0.05) is 30.3 Å². The molecule has 110 valence electrons. The summed E-state index contributed by atoms with van der Waals surface area (Å²) in [6, 6.07) is 16.9. The number of rotatable bonds is 4. The van der Waals surface area contributed by atoms with E-state index in [1.807, 2.05) is 54.6 Å². The van der Waals surface area contributed by atoms with Crippen LogP contribution in [0.25, 0.3) is 11.3 Å². The Labute approximate surface area is 128 Å². The molecule has 22 heavy (non-hydrogen) atoms. The van der Waals surface area contributed by atoms with Crippen molar-refractivity contribution >= 4 is 11.7 Å². The molecule has 2 amide bonds. The van der Waals surface area contributed by atoms with Crippen LogP contribution in [0.3, 0.4) is 0 Å². The van der Waals surface area contributed by atoms with E-state index in [2.05, 4.69) is 15.6 Å². The number of carbonyl (C=O) groups is 1. The molecule has 5 heteroatoms. The van der Waals surface area contributed by atoms with Gasteiger partial charge < -0.3 is 15.1 Å². The minimum absolute atomic E-state index is 0.240. The molecule has 0 radical (unpaired) electrons. The third kappa shape index (κ3) is 3.52. The highest BCUT2D eigenvalue weighted by atomic mass is 16.3. The molecular weight excluding hydrogens is 278 g/mol. The SMILES string of the molecule is O=C(NCc1ccccc1)Nc1ccc(-c2cnco2)cc1. The van der Waals surface area contributed by atoms with Gasteiger partial charge >= 0.3 is 6.03 Å². The number of nitrogens with zero attached hydrogens (tertiary/aromatic N) is 1. The Bertz CT molecular complexity index is 722. The first kappa shape index (κ1) is 13.9. The van der Waals surface area contributed by atoms with Crippen LogP contribution in [0, 0.1) is 0 Å². The second kappa shape index (κ2) is 6.58. The number of hydrogen-bond acceptors (Lipinski definition) is 3. The van der Waals surface area contributed by atoms with Crippen LogP contribution >= 0.6 is 0 Å². The Balaban J connectivity index is 1.55. The Hall–Kier alpha value is -3.08. The van der Waals surface area contributed by atoms with E-state index in [0.717, 1.165) is 11.1 Å². The second-order valence-corrected chi connectivity index (χ2v) is 4.74. The number of carbonyl (C=O) groups excluding carboxylic acids is 1. The zero-order valence-corrected chi connectivity index (χ0v) is 11.8. The first-order valence-electron chi connectivity index (χ1n) is 6.89. The molecule has 0 atom stereocenters. The van der Waals surface area contributed by atoms with Crippen LogP contribution in [-0.4, -0.2) is 11.0 Å². The van der Waals surface area contributed by atoms with E-state index in [1.165, 1.54) is 6.39 Å². The summed E-state index contributed by atoms with van der Waals surface area (Å²) in [6.07, 6.45) is 3.04. The van der Waals surface area contributed by atoms with E-state index < -0.39 is 0 Å². The molecule has 0 saturated heterocycles. The maximum absolute atomic E-state index is 11.8. The predicted molar refractivity (Wildman–Crippen MR) is 84.2 cm³/mol. The van der Waals surface area contributed by atoms with Crippen molar-refractivity contribution in [3.8, 4) is 11.3 Å². The van der Waals surface area contributed by atoms with Crippen molar-refractivity contribution in [2.24, 2.45) is 0 Å². The van der Waals surface area contributed by atoms with Gasteiger partial charge in [0, 0.05) is 17.8 Å². The van der Waals surface area contributed by atoms with E-state index in [1.54, 1.807) is 6.20 Å². The van der Waals surface area contributed by atoms with Crippen LogP contribution in [0.1, 0.15) is 5.56 Å². The van der Waals surface area contributed by atoms with Gasteiger partial charge in [-0.25, -0.2) is 9.78 Å². The van der Waals surface area contributed by atoms with Gasteiger partial charge in [0.15, 0.2) is 12.2 Å². The smallest absolute Gasteiger partial charge is 0.319 e. The highest BCUT2D eigenvalue weighted by Crippen LogP contribution is 2.20. The first-order chi connectivity index (χ1) is 10.8. The zero-order valence-electron chi connectivity index (χ0n) is 11.8. The molecule has 3 aromatic rings. The molecule has 2 aromatic carbocycles. The maximum Gasteiger partial charge on any atom is 0.319 e. The number of oxazole rings is 1. The Kier molecular flexibility index (Phi) is 4.15. The van der Waals surface area contributed by atoms with Crippen LogP contribution in [-0.2, 0) is 6.54 Å². The fourth-order valence-electron chi connectivity index (χ4n) is 2.03. The van der Waals surface area contributed by atoms with Crippen molar-refractivity contribution in [3.05, 3.63) is 72.8 Å². The number of amides is 2. The number of benzene rings is 2. The van der Waals surface area contributed by atoms with Gasteiger partial charge in [-0.2, -0.15) is 0 Å². The van der Waals surface area contributed by atoms with Crippen LogP contribution in [0.5, 0.6) is 0 Å². The van der Waals surface area contributed by atoms with Crippen molar-refractivity contribution in [3.63, 3.8) is 0 Å². The lowest BCUT2D eigenvalue weighted by atomic mass is 10.2. The number of nitrogens with one attached hydrogen (secondary N) is 2. The van der Waals surface area contributed by atoms with Crippen LogP contribution < -0.4 is 10.6 Å². The predicted octanol–water partition coefficient (Wildman–Crippen LogP) is 3.66. The van der Waals surface area contributed by atoms with Crippen molar-refractivity contribution in [2.45, 2.75) is 6.54 Å². The Morgan fingerprint density at radius 3 is 2.50 bits per heavy atom. The van der Waals surface area contributed by atoms with E-state index in [0.29, 0.717) is 18.0 Å². The average molecular weight is 293 g/mol. The number of aromatic nitrogens is 1. The number of urea groups is 1. The van der Waals surface area contributed by atoms with Gasteiger partial charge in [0.25, 0.3) is 0 Å². The zero-order chi connectivity index (χ0) is 15.2. The molecule has 0 aliphatic heterocycles. The summed E-state index contributed by atoms with van der Waals surface area (Å²) < 4.78 is 5.22. The minimum Gasteiger partial charge on any atom is -0.444 e. The van der Waals surface area contributed by atoms with Gasteiger partial charge in [0.2, 0.25) is 0 Å². The highest BCUT2D eigenvalue weighted by molar-refractivity contribution is 5.89. The lowest BCUT2D eigenvalue weighted by molar-refractivity contribution is 0.251. The lowest BCUT2D eigenvalue weighted by Crippen LogP contribution is -2.28. The summed E-state index contributed by atoms with van der Waals surface area (Å²) in [5, 5.41) is 5.60. The topological polar surface area (TPSA) is 67.2 Å². The molecule has 0 aliphatic rings. The molecule has 0 unspecified atom stereocenters. The minimum atomic E-state index is -0.240. The van der Waals surface area contributed by atoms with Gasteiger partial charge in [0.05, 0.1) is 6.20 Å². The summed E-state index contributed by atoms with van der Waals surface area (Å²) in [6.45, 7) is 0.489. The monoisotopic (exact) mass is 293 g/mol. The summed E-state index contributed by atoms with van der Waals surface area (Å²) >= 11 is 0. The summed E-state index contributed by atoms with van der Waals surface area (Å²) in [7, 11) is 0. The number of hydrogen-bond donors (Lipinski definition) is 2. The molecular formula is C17H15N3O2. The lowest BCUT2D eigenvalue weighted by Gasteiger charge is -2.08. The van der Waals surface area contributed by atoms with Crippen LogP contribution in [0.4, 0.5) is 10.5 Å². The molecule has 0 saturated carbocycles. The van der Waals surface area contributed by atoms with Gasteiger partial charge in [-0.3, -0.25) is 0 Å². The van der Waals surface area contributed by atoms with E-state index in [4.69, 9.17) is 4.42 Å². The van der Waals surface area contributed by atoms with Crippen molar-refractivity contribution < 1.29 is 9.21 Å². The third-order valence-electron chi connectivity index (χ3n) is 3.16. The van der Waals surface area contributed by atoms with Crippen molar-refractivity contribution in [1.29, 1.82) is 0 Å². The van der Waals surface area contributed by atoms with E-state index in [-0.39, 0.29) is 6.03 Å². The van der Waals surface area contributed by atoms with Crippen LogP contribution in [0.15, 0.2) is 71.6 Å². The average Bonchev–Trinajstić information content (AvgIpc) is 3.09. The first-order valence-corrected chi connectivity index (χ1v) is 6.89. The fraction of sp³-hybridized carbons (Fsp3) is 0.0588. The molecule has 1 heterocycles. The van der Waals surface area contributed by atoms with Crippen molar-refractivity contribution in [1.82, 2.24) is 10.3 Å². The molecule has 1 aromatic heterocycles. The molecule has 3 rings (SSSR count). The van der Waals surface area contributed by atoms with Crippen molar-refractivity contribution in [2.75, 3.05) is 5.32 Å². The van der Waals surface area contributed by atoms with Gasteiger partial charge in [0.1, 0.15) is 0 Å². The summed E-state index contributed by atoms with van der Waals surface area (Å²) in [5.74, 6) is 0.695. The van der Waals surface area contributed by atoms with Gasteiger partial charge in [-0.15, -0.1) is 0 Å².